The van der Waals surface area contributed by atoms with Gasteiger partial charge in [0.25, 0.3) is 0 Å². The number of benzene rings is 2. The van der Waals surface area contributed by atoms with E-state index in [-0.39, 0.29) is 12.0 Å². The first kappa shape index (κ1) is 13.9. The molecule has 0 aliphatic carbocycles. The summed E-state index contributed by atoms with van der Waals surface area (Å²) in [4.78, 5) is 0. The summed E-state index contributed by atoms with van der Waals surface area (Å²) in [7, 11) is 0. The molecule has 4 heteroatoms. The molecule has 1 aliphatic rings. The van der Waals surface area contributed by atoms with Gasteiger partial charge in [-0.05, 0) is 24.3 Å². The van der Waals surface area contributed by atoms with E-state index in [4.69, 9.17) is 9.47 Å². The maximum atomic E-state index is 9.47. The molecule has 3 rings (SSSR count). The lowest BCUT2D eigenvalue weighted by Gasteiger charge is -2.40. The number of rotatable bonds is 6. The Morgan fingerprint density at radius 1 is 1.05 bits per heavy atom. The fourth-order valence-corrected chi connectivity index (χ4v) is 2.24. The molecule has 0 bridgehead atoms. The van der Waals surface area contributed by atoms with Crippen LogP contribution in [-0.2, 0) is 4.74 Å². The van der Waals surface area contributed by atoms with Crippen molar-refractivity contribution in [2.24, 2.45) is 5.41 Å². The summed E-state index contributed by atoms with van der Waals surface area (Å²) in [6.45, 7) is 1.98. The van der Waals surface area contributed by atoms with E-state index in [9.17, 15) is 5.11 Å². The minimum absolute atomic E-state index is 0.127. The Kier molecular flexibility index (Phi) is 4.08. The topological polar surface area (TPSA) is 50.7 Å². The molecule has 1 heterocycles. The van der Waals surface area contributed by atoms with E-state index in [2.05, 4.69) is 5.32 Å². The van der Waals surface area contributed by atoms with Gasteiger partial charge >= 0.3 is 0 Å². The summed E-state index contributed by atoms with van der Waals surface area (Å²) in [6.07, 6.45) is 0. The Labute approximate surface area is 124 Å². The summed E-state index contributed by atoms with van der Waals surface area (Å²) in [5.74, 6) is 1.58. The number of aliphatic hydroxyl groups excluding tert-OH is 1. The number of hydrogen-bond donors (Lipinski definition) is 2. The zero-order valence-corrected chi connectivity index (χ0v) is 11.8. The van der Waals surface area contributed by atoms with Crippen molar-refractivity contribution in [2.45, 2.75) is 0 Å². The standard InChI is InChI=1S/C17H19NO3/c19-11-17(12-20-13-17)10-18-15-8-4-5-9-16(15)21-14-6-2-1-3-7-14/h1-9,18-19H,10-13H2. The monoisotopic (exact) mass is 285 g/mol. The summed E-state index contributed by atoms with van der Waals surface area (Å²) < 4.78 is 11.1. The van der Waals surface area contributed by atoms with Crippen molar-refractivity contribution in [1.82, 2.24) is 0 Å². The minimum atomic E-state index is -0.167. The molecule has 1 saturated heterocycles. The highest BCUT2D eigenvalue weighted by Gasteiger charge is 2.37. The summed E-state index contributed by atoms with van der Waals surface area (Å²) in [5, 5.41) is 12.8. The Morgan fingerprint density at radius 3 is 2.43 bits per heavy atom. The molecule has 0 amide bonds. The predicted octanol–water partition coefficient (Wildman–Crippen LogP) is 2.90. The first-order chi connectivity index (χ1) is 10.3. The maximum Gasteiger partial charge on any atom is 0.150 e. The van der Waals surface area contributed by atoms with E-state index < -0.39 is 0 Å². The summed E-state index contributed by atoms with van der Waals surface area (Å²) in [6, 6.07) is 17.5. The Bertz CT molecular complexity index is 576. The van der Waals surface area contributed by atoms with Crippen molar-refractivity contribution in [3.63, 3.8) is 0 Å². The number of anilines is 1. The molecule has 2 N–H and O–H groups in total. The minimum Gasteiger partial charge on any atom is -0.455 e. The molecule has 0 spiro atoms. The van der Waals surface area contributed by atoms with Gasteiger partial charge in [0.05, 0.1) is 30.9 Å². The largest absolute Gasteiger partial charge is 0.455 e. The van der Waals surface area contributed by atoms with Crippen LogP contribution in [-0.4, -0.2) is 31.5 Å². The lowest BCUT2D eigenvalue weighted by Crippen LogP contribution is -2.50. The van der Waals surface area contributed by atoms with Crippen molar-refractivity contribution >= 4 is 5.69 Å². The quantitative estimate of drug-likeness (QED) is 0.857. The molecule has 21 heavy (non-hydrogen) atoms. The van der Waals surface area contributed by atoms with Gasteiger partial charge in [0.15, 0.2) is 5.75 Å². The molecule has 0 radical (unpaired) electrons. The molecule has 1 aliphatic heterocycles. The highest BCUT2D eigenvalue weighted by atomic mass is 16.5. The molecule has 0 unspecified atom stereocenters. The van der Waals surface area contributed by atoms with Crippen LogP contribution < -0.4 is 10.1 Å². The molecule has 4 nitrogen and oxygen atoms in total. The fourth-order valence-electron chi connectivity index (χ4n) is 2.24. The molecule has 0 atom stereocenters. The van der Waals surface area contributed by atoms with Crippen LogP contribution in [0.25, 0.3) is 0 Å². The van der Waals surface area contributed by atoms with Gasteiger partial charge in [0.2, 0.25) is 0 Å². The van der Waals surface area contributed by atoms with E-state index in [1.54, 1.807) is 0 Å². The Hall–Kier alpha value is -2.04. The lowest BCUT2D eigenvalue weighted by atomic mass is 9.87. The van der Waals surface area contributed by atoms with Crippen LogP contribution in [0.2, 0.25) is 0 Å². The summed E-state index contributed by atoms with van der Waals surface area (Å²) in [5.41, 5.74) is 0.751. The third-order valence-electron chi connectivity index (χ3n) is 3.66. The average molecular weight is 285 g/mol. The zero-order valence-electron chi connectivity index (χ0n) is 11.8. The van der Waals surface area contributed by atoms with Gasteiger partial charge in [0, 0.05) is 6.54 Å². The number of aliphatic hydroxyl groups is 1. The van der Waals surface area contributed by atoms with Gasteiger partial charge in [-0.15, -0.1) is 0 Å². The number of hydrogen-bond acceptors (Lipinski definition) is 4. The van der Waals surface area contributed by atoms with E-state index in [0.717, 1.165) is 17.2 Å². The molecule has 2 aromatic carbocycles. The van der Waals surface area contributed by atoms with Crippen LogP contribution in [0.3, 0.4) is 0 Å². The third kappa shape index (κ3) is 3.17. The van der Waals surface area contributed by atoms with Crippen molar-refractivity contribution in [3.05, 3.63) is 54.6 Å². The number of para-hydroxylation sites is 3. The average Bonchev–Trinajstić information content (AvgIpc) is 2.49. The highest BCUT2D eigenvalue weighted by Crippen LogP contribution is 2.32. The molecule has 0 aromatic heterocycles. The van der Waals surface area contributed by atoms with Crippen LogP contribution >= 0.6 is 0 Å². The number of ether oxygens (including phenoxy) is 2. The molecule has 2 aromatic rings. The zero-order chi connectivity index (χ0) is 14.5. The van der Waals surface area contributed by atoms with E-state index in [1.165, 1.54) is 0 Å². The van der Waals surface area contributed by atoms with Crippen molar-refractivity contribution in [3.8, 4) is 11.5 Å². The van der Waals surface area contributed by atoms with Crippen molar-refractivity contribution in [1.29, 1.82) is 0 Å². The molecule has 0 saturated carbocycles. The van der Waals surface area contributed by atoms with Gasteiger partial charge < -0.3 is 19.9 Å². The predicted molar refractivity (Wildman–Crippen MR) is 81.8 cm³/mol. The van der Waals surface area contributed by atoms with Crippen molar-refractivity contribution in [2.75, 3.05) is 31.7 Å². The lowest BCUT2D eigenvalue weighted by molar-refractivity contribution is -0.128. The van der Waals surface area contributed by atoms with Gasteiger partial charge in [-0.2, -0.15) is 0 Å². The van der Waals surface area contributed by atoms with Crippen LogP contribution in [0.1, 0.15) is 0 Å². The highest BCUT2D eigenvalue weighted by molar-refractivity contribution is 5.57. The second kappa shape index (κ2) is 6.16. The first-order valence-electron chi connectivity index (χ1n) is 7.06. The Morgan fingerprint density at radius 2 is 1.76 bits per heavy atom. The fraction of sp³-hybridized carbons (Fsp3) is 0.294. The molecular formula is C17H19NO3. The third-order valence-corrected chi connectivity index (χ3v) is 3.66. The first-order valence-corrected chi connectivity index (χ1v) is 7.06. The van der Waals surface area contributed by atoms with Gasteiger partial charge in [0.1, 0.15) is 5.75 Å². The van der Waals surface area contributed by atoms with Crippen LogP contribution in [0, 0.1) is 5.41 Å². The molecule has 1 fully saturated rings. The van der Waals surface area contributed by atoms with E-state index in [1.807, 2.05) is 54.6 Å². The van der Waals surface area contributed by atoms with E-state index in [0.29, 0.717) is 19.8 Å². The Balaban J connectivity index is 1.70. The van der Waals surface area contributed by atoms with Crippen LogP contribution in [0.4, 0.5) is 5.69 Å². The van der Waals surface area contributed by atoms with Gasteiger partial charge in [-0.1, -0.05) is 30.3 Å². The van der Waals surface area contributed by atoms with Gasteiger partial charge in [-0.3, -0.25) is 0 Å². The van der Waals surface area contributed by atoms with Crippen LogP contribution in [0.5, 0.6) is 11.5 Å². The molecular weight excluding hydrogens is 266 g/mol. The molecule has 110 valence electrons. The normalized spacial score (nSPS) is 16.0. The summed E-state index contributed by atoms with van der Waals surface area (Å²) >= 11 is 0. The maximum absolute atomic E-state index is 9.47. The second-order valence-electron chi connectivity index (χ2n) is 5.42. The SMILES string of the molecule is OCC1(CNc2ccccc2Oc2ccccc2)COC1. The smallest absolute Gasteiger partial charge is 0.150 e. The van der Waals surface area contributed by atoms with Crippen LogP contribution in [0.15, 0.2) is 54.6 Å². The van der Waals surface area contributed by atoms with Gasteiger partial charge in [-0.25, -0.2) is 0 Å². The van der Waals surface area contributed by atoms with E-state index >= 15 is 0 Å². The van der Waals surface area contributed by atoms with Crippen molar-refractivity contribution < 1.29 is 14.6 Å². The number of nitrogens with one attached hydrogen (secondary N) is 1. The second-order valence-corrected chi connectivity index (χ2v) is 5.42.